The Morgan fingerprint density at radius 3 is 2.55 bits per heavy atom. The predicted molar refractivity (Wildman–Crippen MR) is 78.1 cm³/mol. The molecule has 1 atom stereocenters. The van der Waals surface area contributed by atoms with Crippen molar-refractivity contribution in [1.29, 1.82) is 0 Å². The molecule has 1 unspecified atom stereocenters. The zero-order valence-corrected chi connectivity index (χ0v) is 13.5. The molecule has 0 saturated heterocycles. The molecule has 1 heterocycles. The van der Waals surface area contributed by atoms with E-state index in [1.165, 1.54) is 6.07 Å². The number of hydrogen-bond acceptors (Lipinski definition) is 4. The SMILES string of the molecule is CCc1ccc(S(=O)(=O)NCCC(COC)C(C)C)o1. The maximum absolute atomic E-state index is 12.0. The monoisotopic (exact) mass is 303 g/mol. The number of aryl methyl sites for hydroxylation is 1. The van der Waals surface area contributed by atoms with Crippen LogP contribution in [0.5, 0.6) is 0 Å². The van der Waals surface area contributed by atoms with Crippen LogP contribution < -0.4 is 4.72 Å². The van der Waals surface area contributed by atoms with Crippen LogP contribution >= 0.6 is 0 Å². The molecule has 6 heteroatoms. The van der Waals surface area contributed by atoms with Gasteiger partial charge in [0.25, 0.3) is 10.0 Å². The molecule has 5 nitrogen and oxygen atoms in total. The molecule has 116 valence electrons. The summed E-state index contributed by atoms with van der Waals surface area (Å²) in [6, 6.07) is 3.19. The lowest BCUT2D eigenvalue weighted by Gasteiger charge is -2.19. The second kappa shape index (κ2) is 7.81. The van der Waals surface area contributed by atoms with Crippen LogP contribution in [0, 0.1) is 11.8 Å². The standard InChI is InChI=1S/C14H25NO4S/c1-5-13-6-7-14(19-13)20(16,17)15-9-8-12(10-18-4)11(2)3/h6-7,11-12,15H,5,8-10H2,1-4H3. The highest BCUT2D eigenvalue weighted by atomic mass is 32.2. The van der Waals surface area contributed by atoms with Gasteiger partial charge in [-0.3, -0.25) is 0 Å². The molecular weight excluding hydrogens is 278 g/mol. The molecule has 1 aromatic heterocycles. The molecule has 20 heavy (non-hydrogen) atoms. The first-order valence-electron chi connectivity index (χ1n) is 6.98. The van der Waals surface area contributed by atoms with Crippen molar-refractivity contribution in [3.8, 4) is 0 Å². The Morgan fingerprint density at radius 1 is 1.35 bits per heavy atom. The summed E-state index contributed by atoms with van der Waals surface area (Å²) in [5, 5.41) is -0.0119. The van der Waals surface area contributed by atoms with Gasteiger partial charge in [0.05, 0.1) is 0 Å². The van der Waals surface area contributed by atoms with Crippen molar-refractivity contribution in [2.24, 2.45) is 11.8 Å². The van der Waals surface area contributed by atoms with Crippen molar-refractivity contribution in [2.45, 2.75) is 38.7 Å². The lowest BCUT2D eigenvalue weighted by molar-refractivity contribution is 0.125. The molecule has 0 amide bonds. The summed E-state index contributed by atoms with van der Waals surface area (Å²) in [5.41, 5.74) is 0. The quantitative estimate of drug-likeness (QED) is 0.760. The first kappa shape index (κ1) is 17.2. The largest absolute Gasteiger partial charge is 0.448 e. The maximum Gasteiger partial charge on any atom is 0.273 e. The van der Waals surface area contributed by atoms with Crippen LogP contribution in [-0.4, -0.2) is 28.7 Å². The first-order chi connectivity index (χ1) is 9.40. The number of rotatable bonds is 9. The Morgan fingerprint density at radius 2 is 2.05 bits per heavy atom. The van der Waals surface area contributed by atoms with Gasteiger partial charge in [-0.1, -0.05) is 20.8 Å². The Bertz CT molecular complexity index is 493. The summed E-state index contributed by atoms with van der Waals surface area (Å²) in [4.78, 5) is 0. The summed E-state index contributed by atoms with van der Waals surface area (Å²) in [6.45, 7) is 7.16. The average molecular weight is 303 g/mol. The topological polar surface area (TPSA) is 68.5 Å². The van der Waals surface area contributed by atoms with Gasteiger partial charge in [0.2, 0.25) is 5.09 Å². The van der Waals surface area contributed by atoms with Crippen molar-refractivity contribution in [1.82, 2.24) is 4.72 Å². The van der Waals surface area contributed by atoms with Gasteiger partial charge in [0, 0.05) is 26.7 Å². The van der Waals surface area contributed by atoms with Crippen molar-refractivity contribution in [3.05, 3.63) is 17.9 Å². The zero-order chi connectivity index (χ0) is 15.2. The van der Waals surface area contributed by atoms with Gasteiger partial charge in [-0.15, -0.1) is 0 Å². The highest BCUT2D eigenvalue weighted by Gasteiger charge is 2.19. The van der Waals surface area contributed by atoms with Gasteiger partial charge in [0.15, 0.2) is 0 Å². The first-order valence-corrected chi connectivity index (χ1v) is 8.46. The van der Waals surface area contributed by atoms with Crippen LogP contribution in [0.4, 0.5) is 0 Å². The van der Waals surface area contributed by atoms with Gasteiger partial charge in [-0.2, -0.15) is 0 Å². The van der Waals surface area contributed by atoms with E-state index in [1.54, 1.807) is 13.2 Å². The fraction of sp³-hybridized carbons (Fsp3) is 0.714. The summed E-state index contributed by atoms with van der Waals surface area (Å²) in [6.07, 6.45) is 1.42. The summed E-state index contributed by atoms with van der Waals surface area (Å²) in [7, 11) is -1.88. The van der Waals surface area contributed by atoms with Crippen LogP contribution in [-0.2, 0) is 21.2 Å². The zero-order valence-electron chi connectivity index (χ0n) is 12.7. The van der Waals surface area contributed by atoms with Gasteiger partial charge in [0.1, 0.15) is 5.76 Å². The minimum absolute atomic E-state index is 0.0119. The molecular formula is C14H25NO4S. The molecule has 0 aliphatic rings. The van der Waals surface area contributed by atoms with E-state index in [2.05, 4.69) is 18.6 Å². The van der Waals surface area contributed by atoms with E-state index in [4.69, 9.17) is 9.15 Å². The second-order valence-electron chi connectivity index (χ2n) is 5.22. The van der Waals surface area contributed by atoms with E-state index >= 15 is 0 Å². The van der Waals surface area contributed by atoms with Gasteiger partial charge < -0.3 is 9.15 Å². The lowest BCUT2D eigenvalue weighted by Crippen LogP contribution is -2.28. The molecule has 0 bridgehead atoms. The molecule has 1 rings (SSSR count). The lowest BCUT2D eigenvalue weighted by atomic mass is 9.93. The summed E-state index contributed by atoms with van der Waals surface area (Å²) < 4.78 is 37.1. The van der Waals surface area contributed by atoms with Crippen molar-refractivity contribution < 1.29 is 17.6 Å². The number of furan rings is 1. The molecule has 0 aliphatic heterocycles. The van der Waals surface area contributed by atoms with E-state index in [9.17, 15) is 8.42 Å². The Hall–Kier alpha value is -0.850. The van der Waals surface area contributed by atoms with Crippen LogP contribution in [0.3, 0.4) is 0 Å². The summed E-state index contributed by atoms with van der Waals surface area (Å²) in [5.74, 6) is 1.46. The number of ether oxygens (including phenoxy) is 1. The van der Waals surface area contributed by atoms with E-state index in [1.807, 2.05) is 6.92 Å². The third kappa shape index (κ3) is 4.92. The van der Waals surface area contributed by atoms with Crippen LogP contribution in [0.15, 0.2) is 21.6 Å². The van der Waals surface area contributed by atoms with Crippen molar-refractivity contribution >= 4 is 10.0 Å². The van der Waals surface area contributed by atoms with Gasteiger partial charge >= 0.3 is 0 Å². The van der Waals surface area contributed by atoms with Gasteiger partial charge in [-0.05, 0) is 30.4 Å². The van der Waals surface area contributed by atoms with E-state index < -0.39 is 10.0 Å². The Kier molecular flexibility index (Phi) is 6.71. The number of hydrogen-bond donors (Lipinski definition) is 1. The third-order valence-electron chi connectivity index (χ3n) is 3.38. The molecule has 0 radical (unpaired) electrons. The minimum atomic E-state index is -3.54. The van der Waals surface area contributed by atoms with Crippen LogP contribution in [0.25, 0.3) is 0 Å². The predicted octanol–water partition coefficient (Wildman–Crippen LogP) is 2.43. The third-order valence-corrected chi connectivity index (χ3v) is 4.71. The molecule has 1 N–H and O–H groups in total. The normalized spacial score (nSPS) is 13.8. The Balaban J connectivity index is 2.55. The van der Waals surface area contributed by atoms with Crippen molar-refractivity contribution in [2.75, 3.05) is 20.3 Å². The molecule has 0 saturated carbocycles. The molecule has 0 aliphatic carbocycles. The van der Waals surface area contributed by atoms with E-state index in [0.717, 1.165) is 6.42 Å². The highest BCUT2D eigenvalue weighted by molar-refractivity contribution is 7.89. The number of sulfonamides is 1. The van der Waals surface area contributed by atoms with Gasteiger partial charge in [-0.25, -0.2) is 13.1 Å². The second-order valence-corrected chi connectivity index (χ2v) is 6.92. The van der Waals surface area contributed by atoms with E-state index in [-0.39, 0.29) is 5.09 Å². The smallest absolute Gasteiger partial charge is 0.273 e. The molecule has 1 aromatic rings. The maximum atomic E-state index is 12.0. The minimum Gasteiger partial charge on any atom is -0.448 e. The highest BCUT2D eigenvalue weighted by Crippen LogP contribution is 2.17. The fourth-order valence-corrected chi connectivity index (χ4v) is 2.96. The van der Waals surface area contributed by atoms with E-state index in [0.29, 0.717) is 37.2 Å². The molecule has 0 fully saturated rings. The van der Waals surface area contributed by atoms with Crippen LogP contribution in [0.1, 0.15) is 33.0 Å². The number of nitrogens with one attached hydrogen (secondary N) is 1. The summed E-state index contributed by atoms with van der Waals surface area (Å²) >= 11 is 0. The number of methoxy groups -OCH3 is 1. The Labute approximate surface area is 121 Å². The average Bonchev–Trinajstić information content (AvgIpc) is 2.87. The molecule has 0 spiro atoms. The fourth-order valence-electron chi connectivity index (χ4n) is 1.97. The van der Waals surface area contributed by atoms with Crippen LogP contribution in [0.2, 0.25) is 0 Å². The molecule has 0 aromatic carbocycles. The van der Waals surface area contributed by atoms with Crippen molar-refractivity contribution in [3.63, 3.8) is 0 Å².